The van der Waals surface area contributed by atoms with Gasteiger partial charge in [-0.3, -0.25) is 0 Å². The van der Waals surface area contributed by atoms with Crippen LogP contribution < -0.4 is 5.32 Å². The molecule has 1 aliphatic rings. The highest BCUT2D eigenvalue weighted by Gasteiger charge is 2.18. The second kappa shape index (κ2) is 8.22. The minimum Gasteiger partial charge on any atom is -0.378 e. The minimum absolute atomic E-state index is 0.488. The Morgan fingerprint density at radius 3 is 2.84 bits per heavy atom. The number of hydrogen-bond donors (Lipinski definition) is 1. The van der Waals surface area contributed by atoms with Gasteiger partial charge in [-0.2, -0.15) is 0 Å². The van der Waals surface area contributed by atoms with Gasteiger partial charge in [-0.1, -0.05) is 11.6 Å². The summed E-state index contributed by atoms with van der Waals surface area (Å²) in [6.45, 7) is 8.33. The lowest BCUT2D eigenvalue weighted by molar-refractivity contribution is 0.0145. The number of thiophene rings is 1. The van der Waals surface area contributed by atoms with E-state index in [0.29, 0.717) is 6.10 Å². The molecule has 1 saturated heterocycles. The number of likely N-dealkylation sites (tertiary alicyclic amines) is 1. The van der Waals surface area contributed by atoms with E-state index in [-0.39, 0.29) is 0 Å². The van der Waals surface area contributed by atoms with Crippen LogP contribution in [0.15, 0.2) is 12.1 Å². The molecule has 1 aromatic heterocycles. The Hall–Kier alpha value is -0.130. The van der Waals surface area contributed by atoms with Crippen molar-refractivity contribution in [3.05, 3.63) is 21.3 Å². The summed E-state index contributed by atoms with van der Waals surface area (Å²) in [6.07, 6.45) is 2.84. The van der Waals surface area contributed by atoms with Crippen LogP contribution in [0.2, 0.25) is 4.34 Å². The average Bonchev–Trinajstić information content (AvgIpc) is 2.83. The molecule has 1 aromatic rings. The van der Waals surface area contributed by atoms with Crippen molar-refractivity contribution in [3.8, 4) is 0 Å². The molecule has 1 N–H and O–H groups in total. The number of rotatable bonds is 7. The van der Waals surface area contributed by atoms with E-state index < -0.39 is 0 Å². The normalized spacial score (nSPS) is 18.0. The fraction of sp³-hybridized carbons (Fsp3) is 0.714. The largest absolute Gasteiger partial charge is 0.378 e. The Kier molecular flexibility index (Phi) is 6.61. The van der Waals surface area contributed by atoms with Crippen molar-refractivity contribution >= 4 is 22.9 Å². The molecule has 0 aromatic carbocycles. The third-order valence-corrected chi connectivity index (χ3v) is 4.70. The highest BCUT2D eigenvalue weighted by Crippen LogP contribution is 2.20. The van der Waals surface area contributed by atoms with Gasteiger partial charge < -0.3 is 15.0 Å². The van der Waals surface area contributed by atoms with E-state index in [2.05, 4.69) is 23.2 Å². The van der Waals surface area contributed by atoms with Crippen molar-refractivity contribution < 1.29 is 4.74 Å². The number of piperidine rings is 1. The van der Waals surface area contributed by atoms with Crippen LogP contribution in [0.3, 0.4) is 0 Å². The number of nitrogens with one attached hydrogen (secondary N) is 1. The van der Waals surface area contributed by atoms with Crippen molar-refractivity contribution in [1.29, 1.82) is 0 Å². The number of halogens is 1. The van der Waals surface area contributed by atoms with E-state index in [1.165, 1.54) is 17.7 Å². The molecule has 1 fully saturated rings. The highest BCUT2D eigenvalue weighted by atomic mass is 35.5. The molecule has 0 radical (unpaired) electrons. The predicted octanol–water partition coefficient (Wildman–Crippen LogP) is 2.99. The molecule has 0 aliphatic carbocycles. The summed E-state index contributed by atoms with van der Waals surface area (Å²) in [7, 11) is 0. The van der Waals surface area contributed by atoms with Crippen LogP contribution in [-0.2, 0) is 11.3 Å². The maximum Gasteiger partial charge on any atom is 0.0931 e. The third-order valence-electron chi connectivity index (χ3n) is 3.47. The zero-order valence-corrected chi connectivity index (χ0v) is 13.1. The summed E-state index contributed by atoms with van der Waals surface area (Å²) in [5.74, 6) is 0. The summed E-state index contributed by atoms with van der Waals surface area (Å²) in [5, 5.41) is 3.48. The van der Waals surface area contributed by atoms with Gasteiger partial charge in [0, 0.05) is 44.2 Å². The van der Waals surface area contributed by atoms with Gasteiger partial charge in [-0.25, -0.2) is 0 Å². The summed E-state index contributed by atoms with van der Waals surface area (Å²) < 4.78 is 6.53. The van der Waals surface area contributed by atoms with E-state index in [1.54, 1.807) is 11.3 Å². The van der Waals surface area contributed by atoms with E-state index in [9.17, 15) is 0 Å². The molecule has 3 nitrogen and oxygen atoms in total. The van der Waals surface area contributed by atoms with Crippen LogP contribution in [0, 0.1) is 0 Å². The zero-order chi connectivity index (χ0) is 13.5. The molecule has 0 unspecified atom stereocenters. The second-order valence-electron chi connectivity index (χ2n) is 4.88. The summed E-state index contributed by atoms with van der Waals surface area (Å²) in [5.41, 5.74) is 0. The van der Waals surface area contributed by atoms with E-state index in [0.717, 1.165) is 43.7 Å². The first-order valence-electron chi connectivity index (χ1n) is 7.07. The summed E-state index contributed by atoms with van der Waals surface area (Å²) in [4.78, 5) is 3.82. The molecule has 108 valence electrons. The Morgan fingerprint density at radius 2 is 2.21 bits per heavy atom. The molecule has 0 spiro atoms. The molecular weight excluding hydrogens is 280 g/mol. The number of nitrogens with zero attached hydrogens (tertiary/aromatic N) is 1. The van der Waals surface area contributed by atoms with Crippen LogP contribution in [0.5, 0.6) is 0 Å². The smallest absolute Gasteiger partial charge is 0.0931 e. The van der Waals surface area contributed by atoms with Crippen molar-refractivity contribution in [3.63, 3.8) is 0 Å². The van der Waals surface area contributed by atoms with E-state index in [1.807, 2.05) is 6.07 Å². The lowest BCUT2D eigenvalue weighted by Crippen LogP contribution is -2.40. The van der Waals surface area contributed by atoms with Gasteiger partial charge in [0.05, 0.1) is 10.4 Å². The Bertz CT molecular complexity index is 364. The molecule has 0 bridgehead atoms. The molecule has 1 aliphatic heterocycles. The zero-order valence-electron chi connectivity index (χ0n) is 11.5. The van der Waals surface area contributed by atoms with Crippen LogP contribution in [0.25, 0.3) is 0 Å². The van der Waals surface area contributed by atoms with Gasteiger partial charge in [-0.15, -0.1) is 11.3 Å². The van der Waals surface area contributed by atoms with E-state index >= 15 is 0 Å². The van der Waals surface area contributed by atoms with Gasteiger partial charge >= 0.3 is 0 Å². The Balaban J connectivity index is 1.54. The highest BCUT2D eigenvalue weighted by molar-refractivity contribution is 7.16. The van der Waals surface area contributed by atoms with Crippen LogP contribution in [0.4, 0.5) is 0 Å². The maximum absolute atomic E-state index is 5.90. The molecule has 2 heterocycles. The van der Waals surface area contributed by atoms with Gasteiger partial charge in [0.1, 0.15) is 0 Å². The first-order valence-corrected chi connectivity index (χ1v) is 8.26. The van der Waals surface area contributed by atoms with Crippen molar-refractivity contribution in [1.82, 2.24) is 10.2 Å². The quantitative estimate of drug-likeness (QED) is 0.784. The lowest BCUT2D eigenvalue weighted by atomic mass is 10.1. The Labute approximate surface area is 124 Å². The third kappa shape index (κ3) is 5.40. The fourth-order valence-electron chi connectivity index (χ4n) is 2.43. The molecule has 0 atom stereocenters. The molecule has 5 heteroatoms. The first kappa shape index (κ1) is 15.3. The summed E-state index contributed by atoms with van der Waals surface area (Å²) in [6, 6.07) is 4.05. The lowest BCUT2D eigenvalue weighted by Gasteiger charge is -2.31. The second-order valence-corrected chi connectivity index (χ2v) is 6.68. The first-order chi connectivity index (χ1) is 9.28. The van der Waals surface area contributed by atoms with Gasteiger partial charge in [0.15, 0.2) is 0 Å². The molecule has 0 saturated carbocycles. The van der Waals surface area contributed by atoms with Crippen molar-refractivity contribution in [2.24, 2.45) is 0 Å². The number of hydrogen-bond acceptors (Lipinski definition) is 4. The van der Waals surface area contributed by atoms with Gasteiger partial charge in [0.2, 0.25) is 0 Å². The molecular formula is C14H23ClN2OS. The standard InChI is InChI=1S/C14H23ClN2OS/c1-2-18-12-5-8-17(9-6-12)10-7-16-11-13-3-4-14(15)19-13/h3-4,12,16H,2,5-11H2,1H3. The van der Waals surface area contributed by atoms with Crippen molar-refractivity contribution in [2.75, 3.05) is 32.8 Å². The minimum atomic E-state index is 0.488. The molecule has 2 rings (SSSR count). The SMILES string of the molecule is CCOC1CCN(CCNCc2ccc(Cl)s2)CC1. The topological polar surface area (TPSA) is 24.5 Å². The molecule has 0 amide bonds. The van der Waals surface area contributed by atoms with Gasteiger partial charge in [-0.05, 0) is 31.9 Å². The van der Waals surface area contributed by atoms with Crippen LogP contribution >= 0.6 is 22.9 Å². The number of ether oxygens (including phenoxy) is 1. The average molecular weight is 303 g/mol. The predicted molar refractivity (Wildman–Crippen MR) is 82.1 cm³/mol. The van der Waals surface area contributed by atoms with E-state index in [4.69, 9.17) is 16.3 Å². The summed E-state index contributed by atoms with van der Waals surface area (Å²) >= 11 is 7.56. The monoisotopic (exact) mass is 302 g/mol. The fourth-order valence-corrected chi connectivity index (χ4v) is 3.49. The van der Waals surface area contributed by atoms with Crippen LogP contribution in [-0.4, -0.2) is 43.8 Å². The van der Waals surface area contributed by atoms with Crippen LogP contribution in [0.1, 0.15) is 24.6 Å². The van der Waals surface area contributed by atoms with Gasteiger partial charge in [0.25, 0.3) is 0 Å². The maximum atomic E-state index is 5.90. The van der Waals surface area contributed by atoms with Crippen molar-refractivity contribution in [2.45, 2.75) is 32.4 Å². The Morgan fingerprint density at radius 1 is 1.42 bits per heavy atom. The molecule has 19 heavy (non-hydrogen) atoms.